The molecule has 1 heterocycles. The molecule has 0 radical (unpaired) electrons. The summed E-state index contributed by atoms with van der Waals surface area (Å²) in [6, 6.07) is 16.0. The second-order valence-corrected chi connectivity index (χ2v) is 7.78. The molecule has 3 N–H and O–H groups in total. The van der Waals surface area contributed by atoms with Crippen molar-refractivity contribution in [3.8, 4) is 0 Å². The number of hydrogen-bond acceptors (Lipinski definition) is 3. The molecule has 2 aromatic carbocycles. The molecular weight excluding hydrogens is 350 g/mol. The quantitative estimate of drug-likeness (QED) is 0.697. The number of rotatable bonds is 6. The first kappa shape index (κ1) is 18.2. The SMILES string of the molecule is CC(NC(=O)CCn1ccc2ccccc21)c1ccc(S(N)(=O)=O)cc1. The smallest absolute Gasteiger partial charge is 0.238 e. The van der Waals surface area contributed by atoms with E-state index in [1.807, 2.05) is 43.5 Å². The topological polar surface area (TPSA) is 94.2 Å². The van der Waals surface area contributed by atoms with Gasteiger partial charge in [0.2, 0.25) is 15.9 Å². The van der Waals surface area contributed by atoms with Gasteiger partial charge in [-0.1, -0.05) is 30.3 Å². The molecule has 0 aliphatic carbocycles. The summed E-state index contributed by atoms with van der Waals surface area (Å²) in [6.07, 6.45) is 2.34. The van der Waals surface area contributed by atoms with Crippen molar-refractivity contribution in [1.29, 1.82) is 0 Å². The number of aromatic nitrogens is 1. The van der Waals surface area contributed by atoms with Gasteiger partial charge in [0, 0.05) is 24.7 Å². The van der Waals surface area contributed by atoms with Crippen LogP contribution >= 0.6 is 0 Å². The van der Waals surface area contributed by atoms with Crippen LogP contribution in [-0.2, 0) is 21.4 Å². The van der Waals surface area contributed by atoms with Crippen molar-refractivity contribution >= 4 is 26.8 Å². The normalized spacial score (nSPS) is 12.8. The molecule has 0 aliphatic rings. The Hall–Kier alpha value is -2.64. The predicted molar refractivity (Wildman–Crippen MR) is 101 cm³/mol. The lowest BCUT2D eigenvalue weighted by atomic mass is 10.1. The lowest BCUT2D eigenvalue weighted by Crippen LogP contribution is -2.27. The Balaban J connectivity index is 1.59. The molecule has 136 valence electrons. The van der Waals surface area contributed by atoms with Crippen LogP contribution in [-0.4, -0.2) is 18.9 Å². The van der Waals surface area contributed by atoms with Crippen molar-refractivity contribution in [2.75, 3.05) is 0 Å². The summed E-state index contributed by atoms with van der Waals surface area (Å²) in [5, 5.41) is 9.17. The van der Waals surface area contributed by atoms with E-state index in [1.54, 1.807) is 12.1 Å². The summed E-state index contributed by atoms with van der Waals surface area (Å²) in [4.78, 5) is 12.3. The number of fused-ring (bicyclic) bond motifs is 1. The van der Waals surface area contributed by atoms with E-state index in [0.717, 1.165) is 16.5 Å². The van der Waals surface area contributed by atoms with E-state index in [1.165, 1.54) is 12.1 Å². The van der Waals surface area contributed by atoms with Gasteiger partial charge in [0.25, 0.3) is 0 Å². The number of aryl methyl sites for hydroxylation is 1. The number of sulfonamides is 1. The van der Waals surface area contributed by atoms with Crippen LogP contribution in [0.15, 0.2) is 65.7 Å². The molecule has 26 heavy (non-hydrogen) atoms. The van der Waals surface area contributed by atoms with Gasteiger partial charge < -0.3 is 9.88 Å². The van der Waals surface area contributed by atoms with E-state index >= 15 is 0 Å². The maximum absolute atomic E-state index is 12.2. The molecule has 0 spiro atoms. The molecule has 3 rings (SSSR count). The molecule has 0 bridgehead atoms. The van der Waals surface area contributed by atoms with E-state index in [9.17, 15) is 13.2 Å². The molecule has 1 unspecified atom stereocenters. The van der Waals surface area contributed by atoms with Crippen molar-refractivity contribution in [3.63, 3.8) is 0 Å². The van der Waals surface area contributed by atoms with E-state index in [4.69, 9.17) is 5.14 Å². The van der Waals surface area contributed by atoms with Gasteiger partial charge in [-0.25, -0.2) is 13.6 Å². The molecule has 0 saturated carbocycles. The molecule has 7 heteroatoms. The fraction of sp³-hybridized carbons (Fsp3) is 0.211. The summed E-state index contributed by atoms with van der Waals surface area (Å²) < 4.78 is 24.6. The molecule has 3 aromatic rings. The van der Waals surface area contributed by atoms with Crippen molar-refractivity contribution in [3.05, 3.63) is 66.4 Å². The van der Waals surface area contributed by atoms with Gasteiger partial charge in [-0.15, -0.1) is 0 Å². The third-order valence-electron chi connectivity index (χ3n) is 4.35. The fourth-order valence-corrected chi connectivity index (χ4v) is 3.42. The minimum Gasteiger partial charge on any atom is -0.350 e. The third-order valence-corrected chi connectivity index (χ3v) is 5.28. The zero-order chi connectivity index (χ0) is 18.7. The molecule has 6 nitrogen and oxygen atoms in total. The highest BCUT2D eigenvalue weighted by molar-refractivity contribution is 7.89. The number of nitrogens with one attached hydrogen (secondary N) is 1. The van der Waals surface area contributed by atoms with E-state index in [0.29, 0.717) is 13.0 Å². The Morgan fingerprint density at radius 3 is 2.50 bits per heavy atom. The largest absolute Gasteiger partial charge is 0.350 e. The number of primary sulfonamides is 1. The maximum Gasteiger partial charge on any atom is 0.238 e. The second-order valence-electron chi connectivity index (χ2n) is 6.22. The average Bonchev–Trinajstić information content (AvgIpc) is 3.02. The van der Waals surface area contributed by atoms with E-state index < -0.39 is 10.0 Å². The first-order chi connectivity index (χ1) is 12.3. The Bertz CT molecular complexity index is 1020. The lowest BCUT2D eigenvalue weighted by molar-refractivity contribution is -0.121. The second kappa shape index (κ2) is 7.31. The van der Waals surface area contributed by atoms with E-state index in [2.05, 4.69) is 9.88 Å². The summed E-state index contributed by atoms with van der Waals surface area (Å²) in [5.41, 5.74) is 1.92. The molecular formula is C19H21N3O3S. The van der Waals surface area contributed by atoms with Crippen LogP contribution in [0.25, 0.3) is 10.9 Å². The van der Waals surface area contributed by atoms with Gasteiger partial charge in [-0.2, -0.15) is 0 Å². The Morgan fingerprint density at radius 2 is 1.81 bits per heavy atom. The number of para-hydroxylation sites is 1. The van der Waals surface area contributed by atoms with Gasteiger partial charge in [0.15, 0.2) is 0 Å². The number of nitrogens with zero attached hydrogens (tertiary/aromatic N) is 1. The van der Waals surface area contributed by atoms with Crippen LogP contribution in [0.5, 0.6) is 0 Å². The standard InChI is InChI=1S/C19H21N3O3S/c1-14(15-6-8-17(9-7-15)26(20,24)25)21-19(23)11-13-22-12-10-16-4-2-3-5-18(16)22/h2-10,12,14H,11,13H2,1H3,(H,21,23)(H2,20,24,25). The number of amides is 1. The zero-order valence-corrected chi connectivity index (χ0v) is 15.2. The van der Waals surface area contributed by atoms with Crippen LogP contribution in [0.1, 0.15) is 24.9 Å². The maximum atomic E-state index is 12.2. The van der Waals surface area contributed by atoms with Crippen molar-refractivity contribution < 1.29 is 13.2 Å². The molecule has 0 saturated heterocycles. The van der Waals surface area contributed by atoms with Crippen LogP contribution in [0, 0.1) is 0 Å². The average molecular weight is 371 g/mol. The number of nitrogens with two attached hydrogens (primary N) is 1. The summed E-state index contributed by atoms with van der Waals surface area (Å²) in [7, 11) is -3.71. The van der Waals surface area contributed by atoms with Gasteiger partial charge >= 0.3 is 0 Å². The highest BCUT2D eigenvalue weighted by Gasteiger charge is 2.12. The van der Waals surface area contributed by atoms with Crippen LogP contribution in [0.2, 0.25) is 0 Å². The molecule has 1 amide bonds. The Kier molecular flexibility index (Phi) is 5.11. The van der Waals surface area contributed by atoms with Gasteiger partial charge in [-0.05, 0) is 42.1 Å². The fourth-order valence-electron chi connectivity index (χ4n) is 2.90. The highest BCUT2D eigenvalue weighted by atomic mass is 32.2. The Morgan fingerprint density at radius 1 is 1.12 bits per heavy atom. The third kappa shape index (κ3) is 4.12. The van der Waals surface area contributed by atoms with Crippen molar-refractivity contribution in [1.82, 2.24) is 9.88 Å². The molecule has 0 fully saturated rings. The van der Waals surface area contributed by atoms with Crippen LogP contribution in [0.4, 0.5) is 0 Å². The molecule has 1 atom stereocenters. The van der Waals surface area contributed by atoms with E-state index in [-0.39, 0.29) is 16.8 Å². The predicted octanol–water partition coefficient (Wildman–Crippen LogP) is 2.56. The van der Waals surface area contributed by atoms with Crippen molar-refractivity contribution in [2.24, 2.45) is 5.14 Å². The highest BCUT2D eigenvalue weighted by Crippen LogP contribution is 2.17. The van der Waals surface area contributed by atoms with Gasteiger partial charge in [0.05, 0.1) is 10.9 Å². The van der Waals surface area contributed by atoms with Gasteiger partial charge in [-0.3, -0.25) is 4.79 Å². The molecule has 0 aliphatic heterocycles. The lowest BCUT2D eigenvalue weighted by Gasteiger charge is -2.15. The summed E-state index contributed by atoms with van der Waals surface area (Å²) >= 11 is 0. The molecule has 1 aromatic heterocycles. The first-order valence-electron chi connectivity index (χ1n) is 8.30. The van der Waals surface area contributed by atoms with Gasteiger partial charge in [0.1, 0.15) is 0 Å². The van der Waals surface area contributed by atoms with Crippen molar-refractivity contribution in [2.45, 2.75) is 30.8 Å². The monoisotopic (exact) mass is 371 g/mol. The number of carbonyl (C=O) groups excluding carboxylic acids is 1. The van der Waals surface area contributed by atoms with Crippen LogP contribution < -0.4 is 10.5 Å². The Labute approximate surface area is 152 Å². The minimum absolute atomic E-state index is 0.0549. The first-order valence-corrected chi connectivity index (χ1v) is 9.85. The number of hydrogen-bond donors (Lipinski definition) is 2. The summed E-state index contributed by atoms with van der Waals surface area (Å²) in [6.45, 7) is 2.45. The minimum atomic E-state index is -3.71. The zero-order valence-electron chi connectivity index (χ0n) is 14.4. The number of carbonyl (C=O) groups is 1. The number of benzene rings is 2. The van der Waals surface area contributed by atoms with Crippen LogP contribution in [0.3, 0.4) is 0 Å². The summed E-state index contributed by atoms with van der Waals surface area (Å²) in [5.74, 6) is -0.0641.